The van der Waals surface area contributed by atoms with Crippen molar-refractivity contribution in [2.45, 2.75) is 6.04 Å². The van der Waals surface area contributed by atoms with Gasteiger partial charge in [0.25, 0.3) is 11.8 Å². The van der Waals surface area contributed by atoms with Crippen LogP contribution in [0.5, 0.6) is 0 Å². The molecule has 0 unspecified atom stereocenters. The first-order chi connectivity index (χ1) is 15.2. The van der Waals surface area contributed by atoms with Crippen molar-refractivity contribution in [2.75, 3.05) is 39.3 Å². The lowest BCUT2D eigenvalue weighted by Crippen LogP contribution is -2.64. The van der Waals surface area contributed by atoms with E-state index in [1.165, 1.54) is 6.26 Å². The van der Waals surface area contributed by atoms with Gasteiger partial charge in [0.15, 0.2) is 5.76 Å². The minimum absolute atomic E-state index is 0.0472. The Morgan fingerprint density at radius 1 is 0.710 bits per heavy atom. The maximum atomic E-state index is 12.8. The second kappa shape index (κ2) is 8.40. The first-order valence-corrected chi connectivity index (χ1v) is 10.7. The molecule has 31 heavy (non-hydrogen) atoms. The van der Waals surface area contributed by atoms with Gasteiger partial charge < -0.3 is 14.2 Å². The number of rotatable bonds is 4. The molecule has 2 aliphatic rings. The molecule has 6 heteroatoms. The van der Waals surface area contributed by atoms with E-state index in [1.807, 2.05) is 52.3 Å². The summed E-state index contributed by atoms with van der Waals surface area (Å²) in [5, 5.41) is 0. The molecule has 1 aromatic heterocycles. The summed E-state index contributed by atoms with van der Waals surface area (Å²) in [4.78, 5) is 31.3. The summed E-state index contributed by atoms with van der Waals surface area (Å²) in [6, 6.07) is 21.8. The number of piperazine rings is 1. The van der Waals surface area contributed by atoms with Crippen molar-refractivity contribution in [2.24, 2.45) is 0 Å². The van der Waals surface area contributed by atoms with Crippen molar-refractivity contribution < 1.29 is 14.0 Å². The minimum Gasteiger partial charge on any atom is -0.459 e. The number of furan rings is 1. The van der Waals surface area contributed by atoms with E-state index in [9.17, 15) is 9.59 Å². The van der Waals surface area contributed by atoms with Crippen LogP contribution >= 0.6 is 0 Å². The lowest BCUT2D eigenvalue weighted by molar-refractivity contribution is 0.00795. The number of carbonyl (C=O) groups excluding carboxylic acids is 2. The standard InChI is InChI=1S/C25H25N3O3/c29-24(21-10-8-20(9-11-21)19-5-2-1-3-6-19)28-17-22(18-28)26-12-14-27(15-13-26)25(30)23-7-4-16-31-23/h1-11,16,22H,12-15,17-18H2. The number of hydrogen-bond acceptors (Lipinski definition) is 4. The molecule has 0 saturated carbocycles. The quantitative estimate of drug-likeness (QED) is 0.657. The van der Waals surface area contributed by atoms with Gasteiger partial charge >= 0.3 is 0 Å². The van der Waals surface area contributed by atoms with E-state index in [2.05, 4.69) is 17.0 Å². The Morgan fingerprint density at radius 3 is 2.03 bits per heavy atom. The van der Waals surface area contributed by atoms with Crippen molar-refractivity contribution in [3.8, 4) is 11.1 Å². The molecular weight excluding hydrogens is 390 g/mol. The molecule has 6 nitrogen and oxygen atoms in total. The van der Waals surface area contributed by atoms with Gasteiger partial charge in [-0.15, -0.1) is 0 Å². The fourth-order valence-electron chi connectivity index (χ4n) is 4.32. The van der Waals surface area contributed by atoms with Crippen molar-refractivity contribution >= 4 is 11.8 Å². The molecule has 2 aromatic carbocycles. The minimum atomic E-state index is -0.0472. The summed E-state index contributed by atoms with van der Waals surface area (Å²) < 4.78 is 5.22. The van der Waals surface area contributed by atoms with E-state index in [0.29, 0.717) is 24.9 Å². The van der Waals surface area contributed by atoms with Gasteiger partial charge in [0.1, 0.15) is 0 Å². The molecule has 2 aliphatic heterocycles. The van der Waals surface area contributed by atoms with Gasteiger partial charge in [-0.25, -0.2) is 0 Å². The lowest BCUT2D eigenvalue weighted by Gasteiger charge is -2.48. The van der Waals surface area contributed by atoms with E-state index in [4.69, 9.17) is 4.42 Å². The molecular formula is C25H25N3O3. The van der Waals surface area contributed by atoms with Gasteiger partial charge in [0.05, 0.1) is 6.26 Å². The normalized spacial score (nSPS) is 17.4. The van der Waals surface area contributed by atoms with Crippen LogP contribution in [0.15, 0.2) is 77.4 Å². The van der Waals surface area contributed by atoms with Crippen LogP contribution in [0.4, 0.5) is 0 Å². The maximum Gasteiger partial charge on any atom is 0.289 e. The van der Waals surface area contributed by atoms with Gasteiger partial charge in [-0.05, 0) is 35.4 Å². The highest BCUT2D eigenvalue weighted by Gasteiger charge is 2.37. The topological polar surface area (TPSA) is 57.0 Å². The molecule has 3 aromatic rings. The number of nitrogens with zero attached hydrogens (tertiary/aromatic N) is 3. The average molecular weight is 415 g/mol. The van der Waals surface area contributed by atoms with Crippen molar-refractivity contribution in [1.82, 2.24) is 14.7 Å². The zero-order valence-corrected chi connectivity index (χ0v) is 17.3. The third-order valence-corrected chi connectivity index (χ3v) is 6.24. The Hall–Kier alpha value is -3.38. The third kappa shape index (κ3) is 3.99. The van der Waals surface area contributed by atoms with Crippen molar-refractivity contribution in [3.05, 3.63) is 84.3 Å². The highest BCUT2D eigenvalue weighted by Crippen LogP contribution is 2.23. The van der Waals surface area contributed by atoms with E-state index in [1.54, 1.807) is 12.1 Å². The summed E-state index contributed by atoms with van der Waals surface area (Å²) in [5.41, 5.74) is 2.99. The number of benzene rings is 2. The first-order valence-electron chi connectivity index (χ1n) is 10.7. The summed E-state index contributed by atoms with van der Waals surface area (Å²) in [5.74, 6) is 0.434. The second-order valence-corrected chi connectivity index (χ2v) is 8.11. The predicted molar refractivity (Wildman–Crippen MR) is 118 cm³/mol. The molecule has 0 bridgehead atoms. The lowest BCUT2D eigenvalue weighted by atomic mass is 10.0. The Labute approximate surface area is 181 Å². The molecule has 2 saturated heterocycles. The van der Waals surface area contributed by atoms with Gasteiger partial charge in [-0.3, -0.25) is 14.5 Å². The molecule has 2 amide bonds. The number of amides is 2. The second-order valence-electron chi connectivity index (χ2n) is 8.11. The smallest absolute Gasteiger partial charge is 0.289 e. The molecule has 0 aliphatic carbocycles. The molecule has 0 radical (unpaired) electrons. The maximum absolute atomic E-state index is 12.8. The van der Waals surface area contributed by atoms with Crippen LogP contribution in [-0.2, 0) is 0 Å². The molecule has 0 atom stereocenters. The van der Waals surface area contributed by atoms with Crippen LogP contribution in [-0.4, -0.2) is 71.8 Å². The van der Waals surface area contributed by atoms with E-state index < -0.39 is 0 Å². The van der Waals surface area contributed by atoms with Crippen LogP contribution in [0.25, 0.3) is 11.1 Å². The summed E-state index contributed by atoms with van der Waals surface area (Å²) >= 11 is 0. The van der Waals surface area contributed by atoms with Gasteiger partial charge in [0.2, 0.25) is 0 Å². The van der Waals surface area contributed by atoms with E-state index in [0.717, 1.165) is 42.9 Å². The fraction of sp³-hybridized carbons (Fsp3) is 0.280. The molecule has 0 spiro atoms. The zero-order chi connectivity index (χ0) is 21.2. The Kier molecular flexibility index (Phi) is 5.30. The average Bonchev–Trinajstić information content (AvgIpc) is 3.34. The van der Waals surface area contributed by atoms with Crippen molar-refractivity contribution in [3.63, 3.8) is 0 Å². The van der Waals surface area contributed by atoms with E-state index in [-0.39, 0.29) is 11.8 Å². The van der Waals surface area contributed by atoms with Crippen LogP contribution < -0.4 is 0 Å². The molecule has 3 heterocycles. The fourth-order valence-corrected chi connectivity index (χ4v) is 4.32. The predicted octanol–water partition coefficient (Wildman–Crippen LogP) is 3.23. The summed E-state index contributed by atoms with van der Waals surface area (Å²) in [6.45, 7) is 4.50. The third-order valence-electron chi connectivity index (χ3n) is 6.24. The van der Waals surface area contributed by atoms with Crippen LogP contribution in [0.2, 0.25) is 0 Å². The van der Waals surface area contributed by atoms with Crippen LogP contribution in [0.3, 0.4) is 0 Å². The summed E-state index contributed by atoms with van der Waals surface area (Å²) in [6.07, 6.45) is 1.53. The Morgan fingerprint density at radius 2 is 1.39 bits per heavy atom. The number of carbonyl (C=O) groups is 2. The SMILES string of the molecule is O=C(c1ccc(-c2ccccc2)cc1)N1CC(N2CCN(C(=O)c3ccco3)CC2)C1. The van der Waals surface area contributed by atoms with Gasteiger partial charge in [0, 0.05) is 50.9 Å². The zero-order valence-electron chi connectivity index (χ0n) is 17.3. The first kappa shape index (κ1) is 19.6. The van der Waals surface area contributed by atoms with Crippen LogP contribution in [0.1, 0.15) is 20.9 Å². The molecule has 0 N–H and O–H groups in total. The Balaban J connectivity index is 1.12. The van der Waals surface area contributed by atoms with Crippen molar-refractivity contribution in [1.29, 1.82) is 0 Å². The number of likely N-dealkylation sites (tertiary alicyclic amines) is 1. The molecule has 2 fully saturated rings. The Bertz CT molecular complexity index is 1030. The highest BCUT2D eigenvalue weighted by molar-refractivity contribution is 5.95. The highest BCUT2D eigenvalue weighted by atomic mass is 16.3. The monoisotopic (exact) mass is 415 g/mol. The number of hydrogen-bond donors (Lipinski definition) is 0. The largest absolute Gasteiger partial charge is 0.459 e. The molecule has 158 valence electrons. The van der Waals surface area contributed by atoms with Crippen LogP contribution in [0, 0.1) is 0 Å². The molecule has 5 rings (SSSR count). The van der Waals surface area contributed by atoms with Gasteiger partial charge in [-0.2, -0.15) is 0 Å². The van der Waals surface area contributed by atoms with E-state index >= 15 is 0 Å². The van der Waals surface area contributed by atoms with Gasteiger partial charge in [-0.1, -0.05) is 42.5 Å². The summed E-state index contributed by atoms with van der Waals surface area (Å²) in [7, 11) is 0.